The van der Waals surface area contributed by atoms with Gasteiger partial charge in [0.2, 0.25) is 0 Å². The van der Waals surface area contributed by atoms with Crippen LogP contribution >= 0.6 is 23.5 Å². The lowest BCUT2D eigenvalue weighted by Gasteiger charge is -2.05. The first-order chi connectivity index (χ1) is 9.28. The van der Waals surface area contributed by atoms with Crippen molar-refractivity contribution in [3.63, 3.8) is 0 Å². The number of benzene rings is 2. The minimum absolute atomic E-state index is 0.428. The summed E-state index contributed by atoms with van der Waals surface area (Å²) < 4.78 is 3.16. The highest BCUT2D eigenvalue weighted by Crippen LogP contribution is 2.24. The number of rotatable bonds is 4. The van der Waals surface area contributed by atoms with Crippen molar-refractivity contribution in [1.29, 1.82) is 0 Å². The van der Waals surface area contributed by atoms with E-state index in [0.717, 1.165) is 10.6 Å². The van der Waals surface area contributed by atoms with Crippen molar-refractivity contribution >= 4 is 34.9 Å². The summed E-state index contributed by atoms with van der Waals surface area (Å²) in [5.41, 5.74) is 1.36. The van der Waals surface area contributed by atoms with Gasteiger partial charge in [-0.2, -0.15) is 0 Å². The van der Waals surface area contributed by atoms with Gasteiger partial charge >= 0.3 is 0 Å². The fourth-order valence-electron chi connectivity index (χ4n) is 1.24. The molecule has 0 heterocycles. The fraction of sp³-hybridized carbons (Fsp3) is 0.143. The summed E-state index contributed by atoms with van der Waals surface area (Å²) in [4.78, 5) is 11.2. The standard InChI is InChI=1S/C12H9ClN2OS.C2H6/c13-9-2-1-3-11(8-9)15-17-12-6-4-10(14-16)5-7-12;1-2/h1-8,15H;1-2H3. The molecule has 0 spiro atoms. The monoisotopic (exact) mass is 294 g/mol. The first-order valence-corrected chi connectivity index (χ1v) is 7.09. The Hall–Kier alpha value is -1.52. The molecular weight excluding hydrogens is 280 g/mol. The second-order valence-corrected chi connectivity index (χ2v) is 4.62. The molecular formula is C14H15ClN2OS. The molecule has 0 atom stereocenters. The number of nitroso groups, excluding NO2 is 1. The van der Waals surface area contributed by atoms with E-state index in [1.807, 2.05) is 50.2 Å². The van der Waals surface area contributed by atoms with Crippen LogP contribution in [-0.2, 0) is 0 Å². The highest BCUT2D eigenvalue weighted by atomic mass is 35.5. The van der Waals surface area contributed by atoms with E-state index in [-0.39, 0.29) is 0 Å². The number of anilines is 1. The molecule has 0 aliphatic rings. The number of halogens is 1. The summed E-state index contributed by atoms with van der Waals surface area (Å²) in [5, 5.41) is 3.54. The first kappa shape index (κ1) is 15.5. The zero-order valence-corrected chi connectivity index (χ0v) is 12.3. The molecule has 2 rings (SSSR count). The summed E-state index contributed by atoms with van der Waals surface area (Å²) in [6, 6.07) is 14.5. The Morgan fingerprint density at radius 1 is 1.11 bits per heavy atom. The Morgan fingerprint density at radius 2 is 1.79 bits per heavy atom. The zero-order chi connectivity index (χ0) is 14.1. The molecule has 3 nitrogen and oxygen atoms in total. The number of nitrogens with zero attached hydrogens (tertiary/aromatic N) is 1. The van der Waals surface area contributed by atoms with Crippen molar-refractivity contribution in [2.45, 2.75) is 18.7 Å². The maximum Gasteiger partial charge on any atom is 0.108 e. The molecule has 2 aromatic rings. The predicted molar refractivity (Wildman–Crippen MR) is 84.2 cm³/mol. The van der Waals surface area contributed by atoms with Crippen molar-refractivity contribution in [2.24, 2.45) is 5.18 Å². The van der Waals surface area contributed by atoms with Crippen LogP contribution in [0.3, 0.4) is 0 Å². The Morgan fingerprint density at radius 3 is 2.37 bits per heavy atom. The van der Waals surface area contributed by atoms with Gasteiger partial charge in [-0.15, -0.1) is 4.91 Å². The number of hydrogen-bond donors (Lipinski definition) is 1. The lowest BCUT2D eigenvalue weighted by molar-refractivity contribution is 1.41. The van der Waals surface area contributed by atoms with Gasteiger partial charge in [-0.25, -0.2) is 0 Å². The molecule has 2 aromatic carbocycles. The molecule has 0 saturated carbocycles. The quantitative estimate of drug-likeness (QED) is 0.565. The minimum Gasteiger partial charge on any atom is -0.326 e. The van der Waals surface area contributed by atoms with Gasteiger partial charge < -0.3 is 4.72 Å². The van der Waals surface area contributed by atoms with E-state index in [1.165, 1.54) is 11.9 Å². The van der Waals surface area contributed by atoms with E-state index in [0.29, 0.717) is 10.7 Å². The van der Waals surface area contributed by atoms with E-state index in [4.69, 9.17) is 11.6 Å². The maximum absolute atomic E-state index is 10.2. The summed E-state index contributed by atoms with van der Waals surface area (Å²) in [7, 11) is 0. The molecule has 0 aromatic heterocycles. The number of nitrogens with one attached hydrogen (secondary N) is 1. The van der Waals surface area contributed by atoms with Gasteiger partial charge in [0.25, 0.3) is 0 Å². The van der Waals surface area contributed by atoms with Gasteiger partial charge in [-0.05, 0) is 59.6 Å². The first-order valence-electron chi connectivity index (χ1n) is 5.90. The molecule has 0 unspecified atom stereocenters. The molecule has 0 aliphatic carbocycles. The topological polar surface area (TPSA) is 41.5 Å². The van der Waals surface area contributed by atoms with E-state index in [2.05, 4.69) is 9.90 Å². The molecule has 0 radical (unpaired) electrons. The SMILES string of the molecule is CC.O=Nc1ccc(SNc2cccc(Cl)c2)cc1. The van der Waals surface area contributed by atoms with Crippen LogP contribution in [0.1, 0.15) is 13.8 Å². The summed E-state index contributed by atoms with van der Waals surface area (Å²) >= 11 is 7.32. The van der Waals surface area contributed by atoms with Gasteiger partial charge in [-0.1, -0.05) is 31.5 Å². The Kier molecular flexibility index (Phi) is 7.00. The molecule has 0 aliphatic heterocycles. The molecule has 0 amide bonds. The van der Waals surface area contributed by atoms with Crippen LogP contribution < -0.4 is 4.72 Å². The summed E-state index contributed by atoms with van der Waals surface area (Å²) in [6.07, 6.45) is 0. The second-order valence-electron chi connectivity index (χ2n) is 3.30. The van der Waals surface area contributed by atoms with Crippen LogP contribution in [0.5, 0.6) is 0 Å². The molecule has 0 saturated heterocycles. The maximum atomic E-state index is 10.2. The third-order valence-electron chi connectivity index (χ3n) is 2.05. The number of hydrogen-bond acceptors (Lipinski definition) is 4. The average Bonchev–Trinajstić information content (AvgIpc) is 2.48. The van der Waals surface area contributed by atoms with E-state index in [9.17, 15) is 4.91 Å². The smallest absolute Gasteiger partial charge is 0.108 e. The molecule has 100 valence electrons. The lowest BCUT2D eigenvalue weighted by atomic mass is 10.3. The second kappa shape index (κ2) is 8.56. The summed E-state index contributed by atoms with van der Waals surface area (Å²) in [6.45, 7) is 4.00. The van der Waals surface area contributed by atoms with Gasteiger partial charge in [0, 0.05) is 15.6 Å². The average molecular weight is 295 g/mol. The molecule has 0 fully saturated rings. The Bertz CT molecular complexity index is 517. The van der Waals surface area contributed by atoms with Crippen LogP contribution in [0.25, 0.3) is 0 Å². The highest BCUT2D eigenvalue weighted by molar-refractivity contribution is 8.00. The lowest BCUT2D eigenvalue weighted by Crippen LogP contribution is -1.85. The van der Waals surface area contributed by atoms with Crippen LogP contribution in [-0.4, -0.2) is 0 Å². The van der Waals surface area contributed by atoms with Crippen molar-refractivity contribution in [3.05, 3.63) is 58.5 Å². The van der Waals surface area contributed by atoms with Crippen LogP contribution in [0.2, 0.25) is 5.02 Å². The Balaban J connectivity index is 0.000000861. The van der Waals surface area contributed by atoms with Crippen molar-refractivity contribution in [3.8, 4) is 0 Å². The van der Waals surface area contributed by atoms with Gasteiger partial charge in [0.15, 0.2) is 0 Å². The van der Waals surface area contributed by atoms with E-state index in [1.54, 1.807) is 12.1 Å². The Labute approximate surface area is 122 Å². The molecule has 19 heavy (non-hydrogen) atoms. The zero-order valence-electron chi connectivity index (χ0n) is 10.8. The fourth-order valence-corrected chi connectivity index (χ4v) is 2.07. The highest BCUT2D eigenvalue weighted by Gasteiger charge is 1.97. The normalized spacial score (nSPS) is 9.21. The van der Waals surface area contributed by atoms with Crippen molar-refractivity contribution < 1.29 is 0 Å². The minimum atomic E-state index is 0.428. The summed E-state index contributed by atoms with van der Waals surface area (Å²) in [5.74, 6) is 0. The van der Waals surface area contributed by atoms with E-state index < -0.39 is 0 Å². The third kappa shape index (κ3) is 5.32. The van der Waals surface area contributed by atoms with E-state index >= 15 is 0 Å². The largest absolute Gasteiger partial charge is 0.326 e. The van der Waals surface area contributed by atoms with Gasteiger partial charge in [0.1, 0.15) is 5.69 Å². The molecule has 5 heteroatoms. The predicted octanol–water partition coefficient (Wildman–Crippen LogP) is 5.88. The van der Waals surface area contributed by atoms with Crippen molar-refractivity contribution in [1.82, 2.24) is 0 Å². The van der Waals surface area contributed by atoms with Crippen LogP contribution in [0.4, 0.5) is 11.4 Å². The van der Waals surface area contributed by atoms with Crippen molar-refractivity contribution in [2.75, 3.05) is 4.72 Å². The van der Waals surface area contributed by atoms with Crippen LogP contribution in [0, 0.1) is 4.91 Å². The molecule has 1 N–H and O–H groups in total. The van der Waals surface area contributed by atoms with Crippen LogP contribution in [0.15, 0.2) is 58.6 Å². The third-order valence-corrected chi connectivity index (χ3v) is 3.13. The molecule has 0 bridgehead atoms. The van der Waals surface area contributed by atoms with Gasteiger partial charge in [0.05, 0.1) is 0 Å². The van der Waals surface area contributed by atoms with Gasteiger partial charge in [-0.3, -0.25) is 0 Å².